The van der Waals surface area contributed by atoms with E-state index >= 15 is 0 Å². The fourth-order valence-corrected chi connectivity index (χ4v) is 3.75. The predicted octanol–water partition coefficient (Wildman–Crippen LogP) is 3.98. The molecule has 116 valence electrons. The van der Waals surface area contributed by atoms with Crippen molar-refractivity contribution in [1.82, 2.24) is 10.4 Å². The Morgan fingerprint density at radius 3 is 2.62 bits per heavy atom. The van der Waals surface area contributed by atoms with Crippen LogP contribution < -0.4 is 10.2 Å². The van der Waals surface area contributed by atoms with E-state index in [4.69, 9.17) is 4.74 Å². The molecule has 0 saturated carbocycles. The number of aryl methyl sites for hydroxylation is 1. The maximum absolute atomic E-state index is 5.99. The predicted molar refractivity (Wildman–Crippen MR) is 86.4 cm³/mol. The van der Waals surface area contributed by atoms with Gasteiger partial charge in [-0.1, -0.05) is 24.6 Å². The van der Waals surface area contributed by atoms with Gasteiger partial charge in [-0.3, -0.25) is 0 Å². The molecule has 21 heavy (non-hydrogen) atoms. The molecule has 0 amide bonds. The van der Waals surface area contributed by atoms with Gasteiger partial charge >= 0.3 is 0 Å². The monoisotopic (exact) mass is 288 g/mol. The number of hydrogen-bond acceptors (Lipinski definition) is 3. The number of piperidine rings is 1. The Morgan fingerprint density at radius 1 is 1.10 bits per heavy atom. The Labute approximate surface area is 128 Å². The minimum atomic E-state index is 0.380. The molecule has 3 atom stereocenters. The highest BCUT2D eigenvalue weighted by Gasteiger charge is 2.29. The summed E-state index contributed by atoms with van der Waals surface area (Å²) < 4.78 is 5.99. The third kappa shape index (κ3) is 3.09. The van der Waals surface area contributed by atoms with Gasteiger partial charge < -0.3 is 4.74 Å². The molecule has 0 bridgehead atoms. The topological polar surface area (TPSA) is 24.5 Å². The lowest BCUT2D eigenvalue weighted by Crippen LogP contribution is -2.53. The molecule has 1 N–H and O–H groups in total. The van der Waals surface area contributed by atoms with Crippen molar-refractivity contribution in [2.24, 2.45) is 0 Å². The van der Waals surface area contributed by atoms with Gasteiger partial charge in [0.15, 0.2) is 0 Å². The van der Waals surface area contributed by atoms with Crippen molar-refractivity contribution < 1.29 is 4.74 Å². The van der Waals surface area contributed by atoms with Gasteiger partial charge in [-0.25, -0.2) is 10.4 Å². The van der Waals surface area contributed by atoms with Crippen LogP contribution in [0, 0.1) is 6.92 Å². The second-order valence-corrected chi connectivity index (χ2v) is 6.70. The van der Waals surface area contributed by atoms with Gasteiger partial charge in [0, 0.05) is 17.6 Å². The lowest BCUT2D eigenvalue weighted by Gasteiger charge is -2.41. The Kier molecular flexibility index (Phi) is 4.51. The Morgan fingerprint density at radius 2 is 1.86 bits per heavy atom. The van der Waals surface area contributed by atoms with Crippen molar-refractivity contribution >= 4 is 0 Å². The summed E-state index contributed by atoms with van der Waals surface area (Å²) >= 11 is 0. The van der Waals surface area contributed by atoms with E-state index in [2.05, 4.69) is 49.4 Å². The highest BCUT2D eigenvalue weighted by atomic mass is 16.5. The van der Waals surface area contributed by atoms with Gasteiger partial charge in [0.05, 0.1) is 12.6 Å². The van der Waals surface area contributed by atoms with E-state index in [0.29, 0.717) is 18.1 Å². The minimum Gasteiger partial charge on any atom is -0.493 e. The van der Waals surface area contributed by atoms with Crippen LogP contribution in [0.1, 0.15) is 63.1 Å². The first-order valence-electron chi connectivity index (χ1n) is 8.43. The van der Waals surface area contributed by atoms with Crippen LogP contribution in [0.2, 0.25) is 0 Å². The molecule has 3 unspecified atom stereocenters. The summed E-state index contributed by atoms with van der Waals surface area (Å²) in [5.41, 5.74) is 6.42. The number of rotatable bonds is 2. The molecule has 3 rings (SSSR count). The van der Waals surface area contributed by atoms with Crippen LogP contribution in [0.25, 0.3) is 0 Å². The molecule has 3 heteroatoms. The number of hydrogen-bond donors (Lipinski definition) is 1. The normalized spacial score (nSPS) is 30.3. The molecule has 1 saturated heterocycles. The standard InChI is InChI=1S/C18H28N2O/c1-13-7-4-10-16-17(11-6-12-21-18(13)16)19-20-14(2)8-5-9-15(20)3/h4,7,10,14-15,17,19H,5-6,8-9,11-12H2,1-3H3. The van der Waals surface area contributed by atoms with Crippen LogP contribution in [-0.4, -0.2) is 23.7 Å². The summed E-state index contributed by atoms with van der Waals surface area (Å²) in [6, 6.07) is 8.14. The zero-order valence-corrected chi connectivity index (χ0v) is 13.6. The molecule has 1 aromatic carbocycles. The average Bonchev–Trinajstić information content (AvgIpc) is 2.67. The number of hydrazine groups is 1. The smallest absolute Gasteiger partial charge is 0.127 e. The number of ether oxygens (including phenoxy) is 1. The van der Waals surface area contributed by atoms with Crippen LogP contribution in [-0.2, 0) is 0 Å². The maximum atomic E-state index is 5.99. The van der Waals surface area contributed by atoms with E-state index in [0.717, 1.165) is 25.2 Å². The summed E-state index contributed by atoms with van der Waals surface area (Å²) in [4.78, 5) is 0. The summed E-state index contributed by atoms with van der Waals surface area (Å²) in [6.45, 7) is 7.66. The van der Waals surface area contributed by atoms with Crippen LogP contribution in [0.5, 0.6) is 5.75 Å². The Balaban J connectivity index is 1.84. The van der Waals surface area contributed by atoms with E-state index in [-0.39, 0.29) is 0 Å². The third-order valence-electron chi connectivity index (χ3n) is 5.00. The molecule has 2 heterocycles. The van der Waals surface area contributed by atoms with E-state index in [1.165, 1.54) is 30.4 Å². The Hall–Kier alpha value is -1.06. The SMILES string of the molecule is Cc1cccc2c1OCCCC2NN1C(C)CCCC1C. The molecule has 0 radical (unpaired) electrons. The number of nitrogens with one attached hydrogen (secondary N) is 1. The fraction of sp³-hybridized carbons (Fsp3) is 0.667. The molecule has 1 aromatic rings. The quantitative estimate of drug-likeness (QED) is 0.891. The summed E-state index contributed by atoms with van der Waals surface area (Å²) in [6.07, 6.45) is 6.20. The minimum absolute atomic E-state index is 0.380. The van der Waals surface area contributed by atoms with Crippen molar-refractivity contribution in [3.63, 3.8) is 0 Å². The van der Waals surface area contributed by atoms with Crippen molar-refractivity contribution in [2.75, 3.05) is 6.61 Å². The van der Waals surface area contributed by atoms with Crippen molar-refractivity contribution in [2.45, 2.75) is 71.0 Å². The second-order valence-electron chi connectivity index (χ2n) is 6.70. The summed E-state index contributed by atoms with van der Waals surface area (Å²) in [5.74, 6) is 1.10. The van der Waals surface area contributed by atoms with Gasteiger partial charge in [0.25, 0.3) is 0 Å². The molecule has 0 spiro atoms. The largest absolute Gasteiger partial charge is 0.493 e. The highest BCUT2D eigenvalue weighted by Crippen LogP contribution is 2.35. The zero-order valence-electron chi connectivity index (χ0n) is 13.6. The second kappa shape index (κ2) is 6.37. The maximum Gasteiger partial charge on any atom is 0.127 e. The third-order valence-corrected chi connectivity index (χ3v) is 5.00. The number of benzene rings is 1. The first kappa shape index (κ1) is 14.9. The Bertz CT molecular complexity index is 478. The average molecular weight is 288 g/mol. The van der Waals surface area contributed by atoms with Crippen molar-refractivity contribution in [3.8, 4) is 5.75 Å². The molecule has 0 aromatic heterocycles. The van der Waals surface area contributed by atoms with Gasteiger partial charge in [-0.15, -0.1) is 0 Å². The lowest BCUT2D eigenvalue weighted by molar-refractivity contribution is 0.0277. The molecule has 1 fully saturated rings. The highest BCUT2D eigenvalue weighted by molar-refractivity contribution is 5.43. The van der Waals surface area contributed by atoms with Gasteiger partial charge in [0.1, 0.15) is 5.75 Å². The van der Waals surface area contributed by atoms with Gasteiger partial charge in [-0.2, -0.15) is 0 Å². The summed E-state index contributed by atoms with van der Waals surface area (Å²) in [5, 5.41) is 2.49. The van der Waals surface area contributed by atoms with Crippen LogP contribution in [0.15, 0.2) is 18.2 Å². The first-order valence-corrected chi connectivity index (χ1v) is 8.43. The first-order chi connectivity index (χ1) is 10.2. The lowest BCUT2D eigenvalue weighted by atomic mass is 9.98. The van der Waals surface area contributed by atoms with Gasteiger partial charge in [-0.05, 0) is 52.0 Å². The number of nitrogens with zero attached hydrogens (tertiary/aromatic N) is 1. The zero-order chi connectivity index (χ0) is 14.8. The molecule has 0 aliphatic carbocycles. The number of para-hydroxylation sites is 1. The van der Waals surface area contributed by atoms with Crippen LogP contribution in [0.3, 0.4) is 0 Å². The fourth-order valence-electron chi connectivity index (χ4n) is 3.75. The summed E-state index contributed by atoms with van der Waals surface area (Å²) in [7, 11) is 0. The number of fused-ring (bicyclic) bond motifs is 1. The van der Waals surface area contributed by atoms with E-state index < -0.39 is 0 Å². The van der Waals surface area contributed by atoms with E-state index in [1.54, 1.807) is 0 Å². The molecule has 3 nitrogen and oxygen atoms in total. The van der Waals surface area contributed by atoms with E-state index in [9.17, 15) is 0 Å². The van der Waals surface area contributed by atoms with E-state index in [1.807, 2.05) is 0 Å². The van der Waals surface area contributed by atoms with Gasteiger partial charge in [0.2, 0.25) is 0 Å². The van der Waals surface area contributed by atoms with Crippen LogP contribution in [0.4, 0.5) is 0 Å². The van der Waals surface area contributed by atoms with Crippen LogP contribution >= 0.6 is 0 Å². The molecular weight excluding hydrogens is 260 g/mol. The molecule has 2 aliphatic heterocycles. The molecule has 2 aliphatic rings. The molecular formula is C18H28N2O. The van der Waals surface area contributed by atoms with Crippen molar-refractivity contribution in [1.29, 1.82) is 0 Å². The van der Waals surface area contributed by atoms with Crippen molar-refractivity contribution in [3.05, 3.63) is 29.3 Å².